The summed E-state index contributed by atoms with van der Waals surface area (Å²) in [4.78, 5) is 40.6. The van der Waals surface area contributed by atoms with E-state index in [1.165, 1.54) is 9.71 Å². The van der Waals surface area contributed by atoms with Gasteiger partial charge in [-0.15, -0.1) is 0 Å². The lowest BCUT2D eigenvalue weighted by Crippen LogP contribution is -2.56. The third-order valence-corrected chi connectivity index (χ3v) is 6.65. The van der Waals surface area contributed by atoms with Gasteiger partial charge in [0.2, 0.25) is 5.91 Å². The molecule has 1 saturated heterocycles. The normalized spacial score (nSPS) is 24.6. The maximum absolute atomic E-state index is 13.4. The summed E-state index contributed by atoms with van der Waals surface area (Å²) in [6.07, 6.45) is 4.23. The van der Waals surface area contributed by atoms with Crippen molar-refractivity contribution in [2.45, 2.75) is 76.5 Å². The first-order chi connectivity index (χ1) is 14.8. The highest BCUT2D eigenvalue weighted by Crippen LogP contribution is 2.41. The molecule has 0 unspecified atom stereocenters. The zero-order chi connectivity index (χ0) is 22.5. The number of carboxylic acids is 1. The first kappa shape index (κ1) is 23.3. The van der Waals surface area contributed by atoms with E-state index in [1.54, 1.807) is 13.8 Å². The molecule has 1 saturated carbocycles. The van der Waals surface area contributed by atoms with Crippen LogP contribution in [0.15, 0.2) is 30.3 Å². The van der Waals surface area contributed by atoms with Gasteiger partial charge in [0.25, 0.3) is 0 Å². The SMILES string of the molecule is [B]N([C@@H](C)C(=O)N1[C@H](C(=O)O)C[C@@H]2CCC[C@@H]21)[C@@H](CCc1ccccc1)C(=O)OCC. The molecule has 0 bridgehead atoms. The number of aliphatic carboxylic acids is 1. The number of hydrogen-bond acceptors (Lipinski definition) is 5. The second-order valence-electron chi connectivity index (χ2n) is 8.51. The Morgan fingerprint density at radius 1 is 1.26 bits per heavy atom. The van der Waals surface area contributed by atoms with Gasteiger partial charge in [0.15, 0.2) is 7.98 Å². The van der Waals surface area contributed by atoms with Crippen LogP contribution < -0.4 is 0 Å². The number of esters is 1. The molecule has 1 aliphatic carbocycles. The molecule has 0 spiro atoms. The number of rotatable bonds is 9. The second-order valence-corrected chi connectivity index (χ2v) is 8.51. The van der Waals surface area contributed by atoms with E-state index in [1.807, 2.05) is 30.3 Å². The predicted molar refractivity (Wildman–Crippen MR) is 116 cm³/mol. The number of carbonyl (C=O) groups excluding carboxylic acids is 2. The summed E-state index contributed by atoms with van der Waals surface area (Å²) in [6.45, 7) is 3.58. The van der Waals surface area contributed by atoms with Gasteiger partial charge in [0.05, 0.1) is 18.7 Å². The Labute approximate surface area is 185 Å². The fraction of sp³-hybridized carbons (Fsp3) is 0.609. The highest BCUT2D eigenvalue weighted by Gasteiger charge is 2.50. The summed E-state index contributed by atoms with van der Waals surface area (Å²) in [5, 5.41) is 9.67. The van der Waals surface area contributed by atoms with Crippen LogP contribution >= 0.6 is 0 Å². The highest BCUT2D eigenvalue weighted by atomic mass is 16.5. The third kappa shape index (κ3) is 5.11. The molecule has 166 valence electrons. The van der Waals surface area contributed by atoms with Crippen molar-refractivity contribution in [3.8, 4) is 0 Å². The van der Waals surface area contributed by atoms with Crippen LogP contribution in [0.25, 0.3) is 0 Å². The van der Waals surface area contributed by atoms with E-state index in [0.717, 1.165) is 24.8 Å². The molecular weight excluding hydrogens is 395 g/mol. The molecule has 2 fully saturated rings. The highest BCUT2D eigenvalue weighted by molar-refractivity contribution is 6.09. The van der Waals surface area contributed by atoms with Crippen LogP contribution in [0.3, 0.4) is 0 Å². The van der Waals surface area contributed by atoms with E-state index in [4.69, 9.17) is 12.7 Å². The van der Waals surface area contributed by atoms with Gasteiger partial charge in [0, 0.05) is 6.04 Å². The van der Waals surface area contributed by atoms with Crippen molar-refractivity contribution >= 4 is 25.8 Å². The largest absolute Gasteiger partial charge is 0.480 e. The minimum Gasteiger partial charge on any atom is -0.480 e. The van der Waals surface area contributed by atoms with Gasteiger partial charge in [-0.05, 0) is 57.4 Å². The van der Waals surface area contributed by atoms with E-state index < -0.39 is 30.1 Å². The Morgan fingerprint density at radius 3 is 2.61 bits per heavy atom. The first-order valence-corrected chi connectivity index (χ1v) is 11.1. The summed E-state index contributed by atoms with van der Waals surface area (Å²) in [5.74, 6) is -1.57. The fourth-order valence-corrected chi connectivity index (χ4v) is 5.02. The Hall–Kier alpha value is -2.35. The molecule has 1 heterocycles. The van der Waals surface area contributed by atoms with Crippen LogP contribution in [0.1, 0.15) is 51.5 Å². The van der Waals surface area contributed by atoms with Crippen molar-refractivity contribution < 1.29 is 24.2 Å². The van der Waals surface area contributed by atoms with Crippen LogP contribution in [-0.2, 0) is 25.5 Å². The van der Waals surface area contributed by atoms with Gasteiger partial charge in [-0.1, -0.05) is 36.8 Å². The minimum absolute atomic E-state index is 0.0604. The van der Waals surface area contributed by atoms with E-state index in [0.29, 0.717) is 19.3 Å². The molecule has 5 atom stereocenters. The van der Waals surface area contributed by atoms with Crippen molar-refractivity contribution in [2.24, 2.45) is 5.92 Å². The fourth-order valence-electron chi connectivity index (χ4n) is 5.02. The lowest BCUT2D eigenvalue weighted by Gasteiger charge is -2.36. The molecule has 0 aromatic heterocycles. The lowest BCUT2D eigenvalue weighted by atomic mass is 9.98. The number of nitrogens with zero attached hydrogens (tertiary/aromatic N) is 2. The minimum atomic E-state index is -0.982. The molecule has 7 nitrogen and oxygen atoms in total. The average Bonchev–Trinajstić information content (AvgIpc) is 3.35. The number of aryl methyl sites for hydroxylation is 1. The van der Waals surface area contributed by atoms with Crippen LogP contribution in [0.5, 0.6) is 0 Å². The summed E-state index contributed by atoms with van der Waals surface area (Å²) in [7, 11) is 6.32. The van der Waals surface area contributed by atoms with Crippen molar-refractivity contribution in [1.82, 2.24) is 9.71 Å². The van der Waals surface area contributed by atoms with Gasteiger partial charge >= 0.3 is 11.9 Å². The molecule has 3 rings (SSSR count). The quantitative estimate of drug-likeness (QED) is 0.481. The zero-order valence-corrected chi connectivity index (χ0v) is 18.3. The lowest BCUT2D eigenvalue weighted by molar-refractivity contribution is -0.154. The number of amides is 1. The van der Waals surface area contributed by atoms with E-state index >= 15 is 0 Å². The second kappa shape index (κ2) is 10.3. The third-order valence-electron chi connectivity index (χ3n) is 6.65. The standard InChI is InChI=1S/C23H31BN2O5/c1-3-31-23(30)19(13-12-16-8-5-4-6-9-16)26(24)15(2)21(27)25-18-11-7-10-17(18)14-20(25)22(28)29/h4-6,8-9,15,17-20H,3,7,10-14H2,1-2H3,(H,28,29)/t15-,17-,18-,19-,20-/m0/s1. The molecular formula is C23H31BN2O5. The van der Waals surface area contributed by atoms with E-state index in [2.05, 4.69) is 0 Å². The summed E-state index contributed by atoms with van der Waals surface area (Å²) < 4.78 is 5.22. The van der Waals surface area contributed by atoms with Gasteiger partial charge in [-0.25, -0.2) is 4.79 Å². The van der Waals surface area contributed by atoms with Gasteiger partial charge in [0.1, 0.15) is 6.04 Å². The Bertz CT molecular complexity index is 789. The first-order valence-electron chi connectivity index (χ1n) is 11.1. The number of likely N-dealkylation sites (tertiary alicyclic amines) is 1. The van der Waals surface area contributed by atoms with Crippen LogP contribution in [0.4, 0.5) is 0 Å². The Kier molecular flexibility index (Phi) is 7.76. The molecule has 2 aliphatic rings. The van der Waals surface area contributed by atoms with E-state index in [-0.39, 0.29) is 24.5 Å². The molecule has 1 amide bonds. The number of ether oxygens (including phenoxy) is 1. The average molecular weight is 426 g/mol. The van der Waals surface area contributed by atoms with Gasteiger partial charge < -0.3 is 19.6 Å². The molecule has 1 aliphatic heterocycles. The van der Waals surface area contributed by atoms with Crippen molar-refractivity contribution in [2.75, 3.05) is 6.61 Å². The summed E-state index contributed by atoms with van der Waals surface area (Å²) in [5.41, 5.74) is 1.06. The molecule has 2 radical (unpaired) electrons. The number of carbonyl (C=O) groups is 3. The molecule has 1 aromatic rings. The maximum Gasteiger partial charge on any atom is 0.326 e. The van der Waals surface area contributed by atoms with Crippen molar-refractivity contribution in [1.29, 1.82) is 0 Å². The van der Waals surface area contributed by atoms with Crippen LogP contribution in [0, 0.1) is 5.92 Å². The van der Waals surface area contributed by atoms with Gasteiger partial charge in [-0.2, -0.15) is 0 Å². The number of carboxylic acid groups (broad SMARTS) is 1. The van der Waals surface area contributed by atoms with Crippen LogP contribution in [-0.4, -0.2) is 71.4 Å². The van der Waals surface area contributed by atoms with E-state index in [9.17, 15) is 19.5 Å². The van der Waals surface area contributed by atoms with Crippen LogP contribution in [0.2, 0.25) is 0 Å². The smallest absolute Gasteiger partial charge is 0.326 e. The zero-order valence-electron chi connectivity index (χ0n) is 18.3. The summed E-state index contributed by atoms with van der Waals surface area (Å²) in [6, 6.07) is 7.19. The topological polar surface area (TPSA) is 87.2 Å². The van der Waals surface area contributed by atoms with Crippen molar-refractivity contribution in [3.63, 3.8) is 0 Å². The molecule has 1 aromatic carbocycles. The monoisotopic (exact) mass is 426 g/mol. The Balaban J connectivity index is 1.75. The van der Waals surface area contributed by atoms with Gasteiger partial charge in [-0.3, -0.25) is 9.59 Å². The molecule has 1 N–H and O–H groups in total. The molecule has 8 heteroatoms. The number of fused-ring (bicyclic) bond motifs is 1. The Morgan fingerprint density at radius 2 is 1.97 bits per heavy atom. The maximum atomic E-state index is 13.4. The molecule has 31 heavy (non-hydrogen) atoms. The predicted octanol–water partition coefficient (Wildman–Crippen LogP) is 2.18. The number of benzene rings is 1. The summed E-state index contributed by atoms with van der Waals surface area (Å²) >= 11 is 0. The van der Waals surface area contributed by atoms with Crippen molar-refractivity contribution in [3.05, 3.63) is 35.9 Å². The number of hydrogen-bond donors (Lipinski definition) is 1.